The summed E-state index contributed by atoms with van der Waals surface area (Å²) < 4.78 is 28.6. The van der Waals surface area contributed by atoms with Crippen LogP contribution in [0.1, 0.15) is 18.2 Å². The molecule has 0 saturated carbocycles. The average molecular weight is 324 g/mol. The van der Waals surface area contributed by atoms with Crippen molar-refractivity contribution >= 4 is 15.7 Å². The molecule has 0 aliphatic heterocycles. The van der Waals surface area contributed by atoms with E-state index < -0.39 is 14.9 Å². The molecule has 118 valence electrons. The fourth-order valence-corrected chi connectivity index (χ4v) is 2.99. The lowest BCUT2D eigenvalue weighted by Crippen LogP contribution is -2.23. The summed E-state index contributed by atoms with van der Waals surface area (Å²) in [5.74, 6) is 0. The topological polar surface area (TPSA) is 107 Å². The van der Waals surface area contributed by atoms with Gasteiger partial charge in [0.05, 0.1) is 16.0 Å². The van der Waals surface area contributed by atoms with Gasteiger partial charge in [0.2, 0.25) is 10.0 Å². The third-order valence-electron chi connectivity index (χ3n) is 3.31. The normalized spacial score (nSPS) is 11.5. The van der Waals surface area contributed by atoms with Crippen molar-refractivity contribution in [2.24, 2.45) is 0 Å². The monoisotopic (exact) mass is 324 g/mol. The van der Waals surface area contributed by atoms with E-state index in [1.807, 2.05) is 13.8 Å². The number of nitrogens with one attached hydrogen (secondary N) is 1. The molecular weight excluding hydrogens is 308 g/mol. The lowest BCUT2D eigenvalue weighted by molar-refractivity contribution is -0.384. The number of sulfonamides is 1. The number of aryl methyl sites for hydroxylation is 1. The largest absolute Gasteiger partial charge is 0.270 e. The number of hydrogen-bond acceptors (Lipinski definition) is 5. The Morgan fingerprint density at radius 2 is 1.95 bits per heavy atom. The second-order valence-corrected chi connectivity index (χ2v) is 6.41. The van der Waals surface area contributed by atoms with Crippen LogP contribution in [0.4, 0.5) is 5.69 Å². The highest BCUT2D eigenvalue weighted by atomic mass is 32.2. The summed E-state index contributed by atoms with van der Waals surface area (Å²) in [5.41, 5.74) is 1.53. The summed E-state index contributed by atoms with van der Waals surface area (Å²) in [6.45, 7) is 4.64. The van der Waals surface area contributed by atoms with Gasteiger partial charge in [-0.05, 0) is 26.0 Å². The van der Waals surface area contributed by atoms with E-state index in [4.69, 9.17) is 0 Å². The van der Waals surface area contributed by atoms with E-state index in [-0.39, 0.29) is 17.1 Å². The van der Waals surface area contributed by atoms with Gasteiger partial charge in [-0.15, -0.1) is 0 Å². The van der Waals surface area contributed by atoms with Crippen LogP contribution < -0.4 is 4.72 Å². The molecule has 2 aromatic rings. The van der Waals surface area contributed by atoms with Crippen LogP contribution in [0.3, 0.4) is 0 Å². The van der Waals surface area contributed by atoms with E-state index in [1.165, 1.54) is 12.1 Å². The summed E-state index contributed by atoms with van der Waals surface area (Å²) in [4.78, 5) is 9.98. The molecule has 8 nitrogen and oxygen atoms in total. The minimum absolute atomic E-state index is 0.0152. The molecule has 1 aromatic heterocycles. The second-order valence-electron chi connectivity index (χ2n) is 4.65. The van der Waals surface area contributed by atoms with Crippen molar-refractivity contribution < 1.29 is 13.3 Å². The van der Waals surface area contributed by atoms with E-state index >= 15 is 0 Å². The van der Waals surface area contributed by atoms with Crippen molar-refractivity contribution in [2.45, 2.75) is 31.8 Å². The Balaban J connectivity index is 2.13. The third kappa shape index (κ3) is 3.31. The number of non-ortho nitro benzene ring substituents is 1. The van der Waals surface area contributed by atoms with Crippen molar-refractivity contribution in [3.05, 3.63) is 51.8 Å². The molecule has 1 N–H and O–H groups in total. The predicted molar refractivity (Wildman–Crippen MR) is 79.8 cm³/mol. The Kier molecular flexibility index (Phi) is 4.57. The van der Waals surface area contributed by atoms with Crippen LogP contribution in [0.2, 0.25) is 0 Å². The molecule has 0 bridgehead atoms. The van der Waals surface area contributed by atoms with Crippen LogP contribution in [0.25, 0.3) is 0 Å². The quantitative estimate of drug-likeness (QED) is 0.641. The third-order valence-corrected chi connectivity index (χ3v) is 4.73. The number of hydrogen-bond donors (Lipinski definition) is 1. The van der Waals surface area contributed by atoms with Gasteiger partial charge in [0, 0.05) is 36.5 Å². The van der Waals surface area contributed by atoms with E-state index in [2.05, 4.69) is 9.82 Å². The molecule has 0 amide bonds. The highest BCUT2D eigenvalue weighted by Crippen LogP contribution is 2.16. The predicted octanol–water partition coefficient (Wildman–Crippen LogP) is 1.60. The molecule has 1 heterocycles. The summed E-state index contributed by atoms with van der Waals surface area (Å²) in [6, 6.07) is 4.75. The zero-order valence-corrected chi connectivity index (χ0v) is 13.0. The van der Waals surface area contributed by atoms with Gasteiger partial charge in [0.15, 0.2) is 0 Å². The lowest BCUT2D eigenvalue weighted by Gasteiger charge is -2.07. The maximum Gasteiger partial charge on any atom is 0.269 e. The fraction of sp³-hybridized carbons (Fsp3) is 0.308. The first-order valence-electron chi connectivity index (χ1n) is 6.60. The Morgan fingerprint density at radius 1 is 1.32 bits per heavy atom. The Morgan fingerprint density at radius 3 is 2.45 bits per heavy atom. The Hall–Kier alpha value is -2.26. The van der Waals surface area contributed by atoms with Crippen molar-refractivity contribution in [1.29, 1.82) is 0 Å². The van der Waals surface area contributed by atoms with Crippen molar-refractivity contribution in [3.8, 4) is 0 Å². The highest BCUT2D eigenvalue weighted by Gasteiger charge is 2.16. The van der Waals surface area contributed by atoms with E-state index in [0.29, 0.717) is 6.54 Å². The lowest BCUT2D eigenvalue weighted by atomic mass is 10.3. The van der Waals surface area contributed by atoms with E-state index in [9.17, 15) is 18.5 Å². The van der Waals surface area contributed by atoms with Crippen molar-refractivity contribution in [1.82, 2.24) is 14.5 Å². The summed E-state index contributed by atoms with van der Waals surface area (Å²) in [6.07, 6.45) is 1.62. The molecule has 0 saturated heterocycles. The first-order chi connectivity index (χ1) is 10.3. The van der Waals surface area contributed by atoms with Gasteiger partial charge in [-0.25, -0.2) is 13.1 Å². The van der Waals surface area contributed by atoms with Crippen LogP contribution in [0.15, 0.2) is 35.4 Å². The van der Waals surface area contributed by atoms with Crippen LogP contribution in [0.5, 0.6) is 0 Å². The minimum atomic E-state index is -3.72. The van der Waals surface area contributed by atoms with Gasteiger partial charge in [0.25, 0.3) is 5.69 Å². The summed E-state index contributed by atoms with van der Waals surface area (Å²) in [5, 5.41) is 14.7. The number of nitro benzene ring substituents is 1. The summed E-state index contributed by atoms with van der Waals surface area (Å²) in [7, 11) is -3.72. The van der Waals surface area contributed by atoms with Crippen molar-refractivity contribution in [2.75, 3.05) is 0 Å². The van der Waals surface area contributed by atoms with Gasteiger partial charge in [0.1, 0.15) is 0 Å². The number of aromatic nitrogens is 2. The fourth-order valence-electron chi connectivity index (χ4n) is 1.98. The van der Waals surface area contributed by atoms with Crippen LogP contribution in [-0.2, 0) is 23.1 Å². The number of rotatable bonds is 6. The maximum atomic E-state index is 12.2. The van der Waals surface area contributed by atoms with Gasteiger partial charge < -0.3 is 0 Å². The van der Waals surface area contributed by atoms with E-state index in [1.54, 1.807) is 10.9 Å². The SMILES string of the molecule is CCn1ncc(CNS(=O)(=O)c2ccc([N+](=O)[O-])cc2)c1C. The van der Waals surface area contributed by atoms with Crippen molar-refractivity contribution in [3.63, 3.8) is 0 Å². The molecule has 22 heavy (non-hydrogen) atoms. The molecule has 0 atom stereocenters. The molecule has 2 rings (SSSR count). The van der Waals surface area contributed by atoms with Gasteiger partial charge in [-0.1, -0.05) is 0 Å². The zero-order chi connectivity index (χ0) is 16.3. The smallest absolute Gasteiger partial charge is 0.269 e. The molecule has 0 spiro atoms. The van der Waals surface area contributed by atoms with Gasteiger partial charge in [-0.2, -0.15) is 5.10 Å². The molecule has 0 aliphatic rings. The van der Waals surface area contributed by atoms with E-state index in [0.717, 1.165) is 23.4 Å². The molecule has 1 aromatic carbocycles. The zero-order valence-electron chi connectivity index (χ0n) is 12.2. The second kappa shape index (κ2) is 6.24. The van der Waals surface area contributed by atoms with Gasteiger partial charge >= 0.3 is 0 Å². The first kappa shape index (κ1) is 16.1. The number of nitro groups is 1. The summed E-state index contributed by atoms with van der Waals surface area (Å²) >= 11 is 0. The molecule has 0 fully saturated rings. The van der Waals surface area contributed by atoms with Crippen LogP contribution in [-0.4, -0.2) is 23.1 Å². The number of nitrogens with zero attached hydrogens (tertiary/aromatic N) is 3. The molecular formula is C13H16N4O4S. The first-order valence-corrected chi connectivity index (χ1v) is 8.09. The molecule has 9 heteroatoms. The molecule has 0 aliphatic carbocycles. The average Bonchev–Trinajstić information content (AvgIpc) is 2.85. The molecule has 0 radical (unpaired) electrons. The Bertz CT molecular complexity index is 781. The highest BCUT2D eigenvalue weighted by molar-refractivity contribution is 7.89. The molecule has 0 unspecified atom stereocenters. The van der Waals surface area contributed by atoms with Gasteiger partial charge in [-0.3, -0.25) is 14.8 Å². The van der Waals surface area contributed by atoms with Crippen LogP contribution >= 0.6 is 0 Å². The maximum absolute atomic E-state index is 12.2. The minimum Gasteiger partial charge on any atom is -0.270 e. The number of benzene rings is 1. The van der Waals surface area contributed by atoms with Crippen LogP contribution in [0, 0.1) is 17.0 Å². The standard InChI is InChI=1S/C13H16N4O4S/c1-3-16-10(2)11(8-14-16)9-15-22(20,21)13-6-4-12(5-7-13)17(18)19/h4-8,15H,3,9H2,1-2H3. The Labute approximate surface area is 128 Å².